The molecule has 0 atom stereocenters. The minimum absolute atomic E-state index is 0.378. The molecule has 9 heteroatoms. The zero-order valence-corrected chi connectivity index (χ0v) is 16.6. The van der Waals surface area contributed by atoms with Gasteiger partial charge < -0.3 is 9.80 Å². The molecule has 1 aromatic carbocycles. The Labute approximate surface area is 160 Å². The first-order valence-electron chi connectivity index (χ1n) is 8.39. The van der Waals surface area contributed by atoms with Crippen molar-refractivity contribution >= 4 is 17.4 Å². The lowest BCUT2D eigenvalue weighted by molar-refractivity contribution is -0.137. The molecule has 0 bridgehead atoms. The highest BCUT2D eigenvalue weighted by molar-refractivity contribution is 7.09. The van der Waals surface area contributed by atoms with Crippen LogP contribution in [-0.2, 0) is 6.18 Å². The van der Waals surface area contributed by atoms with Gasteiger partial charge in [0.2, 0.25) is 0 Å². The maximum absolute atomic E-state index is 12.7. The number of aryl methyl sites for hydroxylation is 1. The number of alkyl halides is 3. The summed E-state index contributed by atoms with van der Waals surface area (Å²) in [5, 5.41) is 0. The zero-order chi connectivity index (χ0) is 20.2. The molecule has 0 saturated carbocycles. The number of benzene rings is 1. The number of carbonyl (C=O) groups excluding carboxylic acids is 1. The Morgan fingerprint density at radius 1 is 1.15 bits per heavy atom. The molecule has 0 N–H and O–H groups in total. The number of halogens is 3. The summed E-state index contributed by atoms with van der Waals surface area (Å²) >= 11 is 1.31. The third-order valence-corrected chi connectivity index (χ3v) is 4.76. The number of urea groups is 1. The molecule has 27 heavy (non-hydrogen) atoms. The number of carbonyl (C=O) groups is 1. The van der Waals surface area contributed by atoms with E-state index in [0.29, 0.717) is 17.0 Å². The predicted octanol–water partition coefficient (Wildman–Crippen LogP) is 3.77. The van der Waals surface area contributed by atoms with E-state index >= 15 is 0 Å². The third kappa shape index (κ3) is 5.93. The van der Waals surface area contributed by atoms with Crippen molar-refractivity contribution in [3.8, 4) is 5.69 Å². The first-order valence-corrected chi connectivity index (χ1v) is 9.21. The monoisotopic (exact) mass is 400 g/mol. The standard InChI is InChI=1S/C18H23F3N4OS/c1-13-12-25(15-8-6-14(7-9-15)18(19,20)21)17(27-13)22-16(26)24(4)11-5-10-23(2)3/h6-9,12H,5,10-11H2,1-4H3. The first kappa shape index (κ1) is 21.2. The summed E-state index contributed by atoms with van der Waals surface area (Å²) in [6, 6.07) is 4.41. The van der Waals surface area contributed by atoms with E-state index in [0.717, 1.165) is 30.0 Å². The number of thiazole rings is 1. The van der Waals surface area contributed by atoms with Crippen LogP contribution in [0.1, 0.15) is 16.9 Å². The van der Waals surface area contributed by atoms with Crippen LogP contribution in [0.15, 0.2) is 35.5 Å². The van der Waals surface area contributed by atoms with E-state index in [1.165, 1.54) is 28.4 Å². The van der Waals surface area contributed by atoms with Gasteiger partial charge in [-0.3, -0.25) is 4.57 Å². The van der Waals surface area contributed by atoms with Crippen LogP contribution in [0.5, 0.6) is 0 Å². The summed E-state index contributed by atoms with van der Waals surface area (Å²) in [7, 11) is 5.62. The van der Waals surface area contributed by atoms with Crippen LogP contribution in [0.3, 0.4) is 0 Å². The highest BCUT2D eigenvalue weighted by Gasteiger charge is 2.30. The van der Waals surface area contributed by atoms with E-state index in [9.17, 15) is 18.0 Å². The summed E-state index contributed by atoms with van der Waals surface area (Å²) in [4.78, 5) is 21.4. The topological polar surface area (TPSA) is 40.8 Å². The quantitative estimate of drug-likeness (QED) is 0.767. The molecule has 2 amide bonds. The van der Waals surface area contributed by atoms with Crippen molar-refractivity contribution in [3.05, 3.63) is 45.7 Å². The molecular weight excluding hydrogens is 377 g/mol. The van der Waals surface area contributed by atoms with Gasteiger partial charge in [-0.05, 0) is 58.3 Å². The lowest BCUT2D eigenvalue weighted by Crippen LogP contribution is -2.29. The summed E-state index contributed by atoms with van der Waals surface area (Å²) in [6.07, 6.45) is -1.80. The van der Waals surface area contributed by atoms with Crippen LogP contribution < -0.4 is 4.80 Å². The van der Waals surface area contributed by atoms with Crippen LogP contribution in [-0.4, -0.2) is 54.6 Å². The lowest BCUT2D eigenvalue weighted by Gasteiger charge is -2.16. The largest absolute Gasteiger partial charge is 0.416 e. The average molecular weight is 400 g/mol. The zero-order valence-electron chi connectivity index (χ0n) is 15.7. The van der Waals surface area contributed by atoms with Crippen molar-refractivity contribution in [2.75, 3.05) is 34.2 Å². The van der Waals surface area contributed by atoms with Gasteiger partial charge in [0.15, 0.2) is 4.80 Å². The SMILES string of the molecule is Cc1cn(-c2ccc(C(F)(F)F)cc2)c(=NC(=O)N(C)CCCN(C)C)s1. The van der Waals surface area contributed by atoms with E-state index in [1.54, 1.807) is 17.8 Å². The van der Waals surface area contributed by atoms with E-state index < -0.39 is 11.7 Å². The van der Waals surface area contributed by atoms with Gasteiger partial charge in [-0.15, -0.1) is 11.3 Å². The Morgan fingerprint density at radius 3 is 2.33 bits per heavy atom. The molecule has 0 aliphatic carbocycles. The second-order valence-electron chi connectivity index (χ2n) is 6.51. The van der Waals surface area contributed by atoms with Gasteiger partial charge in [-0.1, -0.05) is 0 Å². The van der Waals surface area contributed by atoms with E-state index in [4.69, 9.17) is 0 Å². The van der Waals surface area contributed by atoms with Crippen LogP contribution in [0.25, 0.3) is 5.69 Å². The highest BCUT2D eigenvalue weighted by atomic mass is 32.1. The molecule has 2 rings (SSSR count). The molecule has 0 radical (unpaired) electrons. The molecule has 0 saturated heterocycles. The van der Waals surface area contributed by atoms with Crippen LogP contribution >= 0.6 is 11.3 Å². The number of amides is 2. The predicted molar refractivity (Wildman–Crippen MR) is 100 cm³/mol. The van der Waals surface area contributed by atoms with Gasteiger partial charge in [0.05, 0.1) is 5.56 Å². The Bertz CT molecular complexity index is 838. The number of rotatable bonds is 5. The smallest absolute Gasteiger partial charge is 0.326 e. The molecule has 0 unspecified atom stereocenters. The number of aromatic nitrogens is 1. The first-order chi connectivity index (χ1) is 12.6. The van der Waals surface area contributed by atoms with Crippen molar-refractivity contribution in [2.24, 2.45) is 4.99 Å². The summed E-state index contributed by atoms with van der Waals surface area (Å²) in [5.41, 5.74) is -0.192. The average Bonchev–Trinajstić information content (AvgIpc) is 2.94. The molecule has 1 aromatic heterocycles. The molecule has 148 valence electrons. The molecule has 0 spiro atoms. The minimum Gasteiger partial charge on any atom is -0.326 e. The molecule has 5 nitrogen and oxygen atoms in total. The van der Waals surface area contributed by atoms with Crippen molar-refractivity contribution in [1.82, 2.24) is 14.4 Å². The van der Waals surface area contributed by atoms with Crippen molar-refractivity contribution in [1.29, 1.82) is 0 Å². The lowest BCUT2D eigenvalue weighted by atomic mass is 10.2. The Hall–Kier alpha value is -2.13. The van der Waals surface area contributed by atoms with Crippen molar-refractivity contribution < 1.29 is 18.0 Å². The summed E-state index contributed by atoms with van der Waals surface area (Å²) < 4.78 is 39.9. The maximum atomic E-state index is 12.7. The Morgan fingerprint density at radius 2 is 1.78 bits per heavy atom. The normalized spacial score (nSPS) is 12.7. The van der Waals surface area contributed by atoms with Crippen molar-refractivity contribution in [3.63, 3.8) is 0 Å². The fourth-order valence-electron chi connectivity index (χ4n) is 2.42. The number of hydrogen-bond acceptors (Lipinski definition) is 3. The molecule has 2 aromatic rings. The fourth-order valence-corrected chi connectivity index (χ4v) is 3.24. The minimum atomic E-state index is -4.38. The summed E-state index contributed by atoms with van der Waals surface area (Å²) in [6.45, 7) is 3.29. The molecule has 0 fully saturated rings. The third-order valence-electron chi connectivity index (χ3n) is 3.86. The van der Waals surface area contributed by atoms with Crippen LogP contribution in [0, 0.1) is 6.92 Å². The van der Waals surface area contributed by atoms with Crippen LogP contribution in [0.2, 0.25) is 0 Å². The Balaban J connectivity index is 2.24. The number of nitrogens with zero attached hydrogens (tertiary/aromatic N) is 4. The van der Waals surface area contributed by atoms with Gasteiger partial charge in [-0.2, -0.15) is 18.2 Å². The second kappa shape index (κ2) is 8.71. The maximum Gasteiger partial charge on any atom is 0.416 e. The van der Waals surface area contributed by atoms with Gasteiger partial charge in [0, 0.05) is 30.4 Å². The highest BCUT2D eigenvalue weighted by Crippen LogP contribution is 2.29. The van der Waals surface area contributed by atoms with Gasteiger partial charge >= 0.3 is 12.2 Å². The molecule has 0 aliphatic rings. The van der Waals surface area contributed by atoms with E-state index in [-0.39, 0.29) is 6.03 Å². The van der Waals surface area contributed by atoms with E-state index in [1.807, 2.05) is 25.9 Å². The van der Waals surface area contributed by atoms with Crippen LogP contribution in [0.4, 0.5) is 18.0 Å². The number of hydrogen-bond donors (Lipinski definition) is 0. The van der Waals surface area contributed by atoms with Gasteiger partial charge in [0.25, 0.3) is 0 Å². The van der Waals surface area contributed by atoms with Gasteiger partial charge in [0.1, 0.15) is 0 Å². The van der Waals surface area contributed by atoms with Gasteiger partial charge in [-0.25, -0.2) is 4.79 Å². The Kier molecular flexibility index (Phi) is 6.83. The molecular formula is C18H23F3N4OS. The van der Waals surface area contributed by atoms with E-state index in [2.05, 4.69) is 4.99 Å². The fraction of sp³-hybridized carbons (Fsp3) is 0.444. The second-order valence-corrected chi connectivity index (χ2v) is 7.73. The summed E-state index contributed by atoms with van der Waals surface area (Å²) in [5.74, 6) is 0. The molecule has 1 heterocycles. The molecule has 0 aliphatic heterocycles. The van der Waals surface area contributed by atoms with Crippen molar-refractivity contribution in [2.45, 2.75) is 19.5 Å².